The fraction of sp³-hybridized carbons (Fsp3) is 0.240. The maximum absolute atomic E-state index is 12.5. The number of fused-ring (bicyclic) bond motifs is 1. The predicted molar refractivity (Wildman–Crippen MR) is 132 cm³/mol. The highest BCUT2D eigenvalue weighted by molar-refractivity contribution is 6.31. The van der Waals surface area contributed by atoms with E-state index in [1.165, 1.54) is 0 Å². The van der Waals surface area contributed by atoms with Gasteiger partial charge in [-0.05, 0) is 44.0 Å². The molecule has 0 saturated heterocycles. The molecule has 2 heterocycles. The van der Waals surface area contributed by atoms with Crippen LogP contribution in [0.1, 0.15) is 16.8 Å². The topological polar surface area (TPSA) is 87.5 Å². The quantitative estimate of drug-likeness (QED) is 0.399. The molecule has 9 heteroatoms. The molecule has 1 N–H and O–H groups in total. The summed E-state index contributed by atoms with van der Waals surface area (Å²) in [7, 11) is 3.09. The number of ether oxygens (including phenoxy) is 3. The van der Waals surface area contributed by atoms with E-state index in [2.05, 4.69) is 15.4 Å². The second kappa shape index (κ2) is 9.61. The van der Waals surface area contributed by atoms with E-state index in [9.17, 15) is 4.79 Å². The Balaban J connectivity index is 1.58. The molecule has 0 radical (unpaired) electrons. The molecule has 34 heavy (non-hydrogen) atoms. The molecule has 0 atom stereocenters. The minimum atomic E-state index is -0.342. The van der Waals surface area contributed by atoms with Crippen LogP contribution >= 0.6 is 11.6 Å². The molecule has 0 spiro atoms. The number of aromatic nitrogens is 3. The first-order valence-corrected chi connectivity index (χ1v) is 11.0. The number of hydrogen-bond acceptors (Lipinski definition) is 6. The van der Waals surface area contributed by atoms with Crippen molar-refractivity contribution in [1.82, 2.24) is 14.8 Å². The number of halogens is 1. The second-order valence-electron chi connectivity index (χ2n) is 7.80. The molecule has 8 nitrogen and oxygen atoms in total. The van der Waals surface area contributed by atoms with Crippen LogP contribution in [0, 0.1) is 20.8 Å². The van der Waals surface area contributed by atoms with Crippen molar-refractivity contribution in [3.05, 3.63) is 64.3 Å². The Kier molecular flexibility index (Phi) is 6.61. The molecule has 0 saturated carbocycles. The maximum Gasteiger partial charge on any atom is 0.262 e. The number of methoxy groups -OCH3 is 2. The molecule has 4 rings (SSSR count). The third-order valence-electron chi connectivity index (χ3n) is 5.44. The first kappa shape index (κ1) is 23.4. The van der Waals surface area contributed by atoms with Crippen LogP contribution in [0.4, 0.5) is 5.69 Å². The molecule has 0 unspecified atom stereocenters. The zero-order chi connectivity index (χ0) is 24.4. The molecule has 2 aromatic carbocycles. The zero-order valence-corrected chi connectivity index (χ0v) is 20.4. The highest BCUT2D eigenvalue weighted by atomic mass is 35.5. The van der Waals surface area contributed by atoms with E-state index >= 15 is 0 Å². The molecule has 1 amide bonds. The van der Waals surface area contributed by atoms with Crippen LogP contribution in [0.5, 0.6) is 17.4 Å². The molecular weight excluding hydrogens is 456 g/mol. The van der Waals surface area contributed by atoms with Gasteiger partial charge in [0.05, 0.1) is 25.6 Å². The van der Waals surface area contributed by atoms with Crippen LogP contribution in [0.2, 0.25) is 5.02 Å². The molecule has 0 aliphatic rings. The number of rotatable bonds is 7. The predicted octanol–water partition coefficient (Wildman–Crippen LogP) is 5.03. The Morgan fingerprint density at radius 3 is 2.44 bits per heavy atom. The average Bonchev–Trinajstić information content (AvgIpc) is 3.15. The number of carbonyl (C=O) groups excluding carboxylic acids is 1. The summed E-state index contributed by atoms with van der Waals surface area (Å²) in [5.74, 6) is 1.12. The van der Waals surface area contributed by atoms with Gasteiger partial charge in [0.25, 0.3) is 5.91 Å². The highest BCUT2D eigenvalue weighted by Crippen LogP contribution is 2.30. The number of hydrogen-bond donors (Lipinski definition) is 1. The van der Waals surface area contributed by atoms with E-state index in [0.29, 0.717) is 33.7 Å². The lowest BCUT2D eigenvalue weighted by atomic mass is 10.1. The minimum Gasteiger partial charge on any atom is -0.497 e. The van der Waals surface area contributed by atoms with Gasteiger partial charge in [-0.1, -0.05) is 17.7 Å². The third-order valence-corrected chi connectivity index (χ3v) is 5.85. The maximum atomic E-state index is 12.5. The summed E-state index contributed by atoms with van der Waals surface area (Å²) >= 11 is 6.33. The van der Waals surface area contributed by atoms with Gasteiger partial charge in [0.2, 0.25) is 5.88 Å². The van der Waals surface area contributed by atoms with E-state index in [4.69, 9.17) is 25.8 Å². The second-order valence-corrected chi connectivity index (χ2v) is 8.20. The van der Waals surface area contributed by atoms with Crippen LogP contribution in [-0.4, -0.2) is 41.5 Å². The molecule has 0 bridgehead atoms. The van der Waals surface area contributed by atoms with Crippen LogP contribution in [0.25, 0.3) is 16.7 Å². The van der Waals surface area contributed by atoms with Crippen molar-refractivity contribution < 1.29 is 19.0 Å². The number of amides is 1. The van der Waals surface area contributed by atoms with Crippen LogP contribution in [0.3, 0.4) is 0 Å². The summed E-state index contributed by atoms with van der Waals surface area (Å²) in [4.78, 5) is 17.2. The fourth-order valence-electron chi connectivity index (χ4n) is 3.76. The van der Waals surface area contributed by atoms with E-state index in [-0.39, 0.29) is 12.5 Å². The standard InChI is InChI=1S/C25H25ClN4O4/c1-14-9-23(34-13-22(31)27-17-10-18(32-4)12-19(11-17)33-5)28-25-24(14)16(3)29-30(25)21-8-6-7-20(26)15(21)2/h6-12H,13H2,1-5H3,(H,27,31). The van der Waals surface area contributed by atoms with E-state index in [1.54, 1.807) is 43.2 Å². The minimum absolute atomic E-state index is 0.221. The molecule has 0 fully saturated rings. The number of nitrogens with one attached hydrogen (secondary N) is 1. The smallest absolute Gasteiger partial charge is 0.262 e. The lowest BCUT2D eigenvalue weighted by Gasteiger charge is -2.11. The largest absolute Gasteiger partial charge is 0.497 e. The lowest BCUT2D eigenvalue weighted by Crippen LogP contribution is -2.20. The van der Waals surface area contributed by atoms with Gasteiger partial charge < -0.3 is 19.5 Å². The number of carbonyl (C=O) groups is 1. The molecule has 2 aromatic heterocycles. The van der Waals surface area contributed by atoms with Gasteiger partial charge >= 0.3 is 0 Å². The van der Waals surface area contributed by atoms with Crippen molar-refractivity contribution in [2.24, 2.45) is 0 Å². The number of pyridine rings is 1. The molecule has 176 valence electrons. The van der Waals surface area contributed by atoms with Gasteiger partial charge in [-0.25, -0.2) is 4.68 Å². The summed E-state index contributed by atoms with van der Waals surface area (Å²) in [5, 5.41) is 9.05. The summed E-state index contributed by atoms with van der Waals surface area (Å²) in [6.07, 6.45) is 0. The monoisotopic (exact) mass is 480 g/mol. The molecule has 0 aliphatic carbocycles. The summed E-state index contributed by atoms with van der Waals surface area (Å²) in [5.41, 5.74) is 4.69. The van der Waals surface area contributed by atoms with Crippen molar-refractivity contribution in [2.75, 3.05) is 26.1 Å². The molecule has 0 aliphatic heterocycles. The summed E-state index contributed by atoms with van der Waals surface area (Å²) < 4.78 is 18.0. The van der Waals surface area contributed by atoms with E-state index in [1.807, 2.05) is 39.0 Å². The van der Waals surface area contributed by atoms with Gasteiger partial charge in [-0.2, -0.15) is 10.1 Å². The first-order chi connectivity index (χ1) is 16.3. The van der Waals surface area contributed by atoms with Gasteiger partial charge in [-0.3, -0.25) is 4.79 Å². The fourth-order valence-corrected chi connectivity index (χ4v) is 3.93. The first-order valence-electron chi connectivity index (χ1n) is 10.6. The molecular formula is C25H25ClN4O4. The Hall–Kier alpha value is -3.78. The summed E-state index contributed by atoms with van der Waals surface area (Å²) in [6, 6.07) is 12.6. The van der Waals surface area contributed by atoms with Crippen LogP contribution in [0.15, 0.2) is 42.5 Å². The van der Waals surface area contributed by atoms with Gasteiger partial charge in [0.1, 0.15) is 11.5 Å². The Morgan fingerprint density at radius 1 is 1.06 bits per heavy atom. The summed E-state index contributed by atoms with van der Waals surface area (Å²) in [6.45, 7) is 5.61. The highest BCUT2D eigenvalue weighted by Gasteiger charge is 2.17. The third kappa shape index (κ3) is 4.63. The van der Waals surface area contributed by atoms with Crippen molar-refractivity contribution >= 4 is 34.2 Å². The Morgan fingerprint density at radius 2 is 1.76 bits per heavy atom. The van der Waals surface area contributed by atoms with Crippen molar-refractivity contribution in [3.8, 4) is 23.1 Å². The number of nitrogens with zero attached hydrogens (tertiary/aromatic N) is 3. The SMILES string of the molecule is COc1cc(NC(=O)COc2cc(C)c3c(C)nn(-c4cccc(Cl)c4C)c3n2)cc(OC)c1. The van der Waals surface area contributed by atoms with E-state index in [0.717, 1.165) is 27.9 Å². The van der Waals surface area contributed by atoms with Crippen molar-refractivity contribution in [1.29, 1.82) is 0 Å². The number of benzene rings is 2. The van der Waals surface area contributed by atoms with Crippen LogP contribution in [-0.2, 0) is 4.79 Å². The number of aryl methyl sites for hydroxylation is 2. The molecule has 4 aromatic rings. The average molecular weight is 481 g/mol. The van der Waals surface area contributed by atoms with Gasteiger partial charge in [-0.15, -0.1) is 0 Å². The lowest BCUT2D eigenvalue weighted by molar-refractivity contribution is -0.118. The van der Waals surface area contributed by atoms with E-state index < -0.39 is 0 Å². The number of anilines is 1. The normalized spacial score (nSPS) is 10.9. The Bertz CT molecular complexity index is 1360. The van der Waals surface area contributed by atoms with Gasteiger partial charge in [0.15, 0.2) is 12.3 Å². The van der Waals surface area contributed by atoms with Gasteiger partial charge in [0, 0.05) is 40.4 Å². The zero-order valence-electron chi connectivity index (χ0n) is 19.6. The van der Waals surface area contributed by atoms with Crippen LogP contribution < -0.4 is 19.5 Å². The van der Waals surface area contributed by atoms with Crippen molar-refractivity contribution in [2.45, 2.75) is 20.8 Å². The Labute approximate surface area is 202 Å². The van der Waals surface area contributed by atoms with Crippen molar-refractivity contribution in [3.63, 3.8) is 0 Å².